The van der Waals surface area contributed by atoms with Crippen molar-refractivity contribution in [3.05, 3.63) is 84.5 Å². The van der Waals surface area contributed by atoms with Gasteiger partial charge in [0.25, 0.3) is 0 Å². The number of aliphatic hydroxyl groups is 3. The minimum atomic E-state index is -1.03. The molecule has 1 aromatic rings. The van der Waals surface area contributed by atoms with E-state index in [0.717, 1.165) is 5.56 Å². The van der Waals surface area contributed by atoms with Gasteiger partial charge in [-0.15, -0.1) is 0 Å². The molecule has 0 aromatic heterocycles. The molecule has 0 aliphatic rings. The zero-order valence-corrected chi connectivity index (χ0v) is 14.6. The van der Waals surface area contributed by atoms with Crippen molar-refractivity contribution >= 4 is 5.97 Å². The van der Waals surface area contributed by atoms with Crippen LogP contribution in [0.25, 0.3) is 0 Å². The fraction of sp³-hybridized carbons (Fsp3) is 0.286. The van der Waals surface area contributed by atoms with Crippen molar-refractivity contribution in [3.8, 4) is 0 Å². The molecule has 5 nitrogen and oxygen atoms in total. The van der Waals surface area contributed by atoms with Crippen molar-refractivity contribution in [2.24, 2.45) is 0 Å². The number of carboxylic acid groups (broad SMARTS) is 1. The molecule has 0 heterocycles. The monoisotopic (exact) mass is 358 g/mol. The van der Waals surface area contributed by atoms with Crippen molar-refractivity contribution in [1.29, 1.82) is 0 Å². The van der Waals surface area contributed by atoms with E-state index in [0.29, 0.717) is 6.42 Å². The maximum absolute atomic E-state index is 10.4. The summed E-state index contributed by atoms with van der Waals surface area (Å²) in [7, 11) is 0. The summed E-state index contributed by atoms with van der Waals surface area (Å²) in [5.74, 6) is -0.915. The molecule has 0 fully saturated rings. The lowest BCUT2D eigenvalue weighted by molar-refractivity contribution is -0.137. The van der Waals surface area contributed by atoms with Crippen LogP contribution in [0.5, 0.6) is 0 Å². The molecule has 4 N–H and O–H groups in total. The van der Waals surface area contributed by atoms with Crippen molar-refractivity contribution in [3.63, 3.8) is 0 Å². The summed E-state index contributed by atoms with van der Waals surface area (Å²) in [6, 6.07) is 9.34. The van der Waals surface area contributed by atoms with E-state index in [4.69, 9.17) is 5.11 Å². The lowest BCUT2D eigenvalue weighted by Gasteiger charge is -2.13. The third-order valence-electron chi connectivity index (χ3n) is 3.58. The second-order valence-electron chi connectivity index (χ2n) is 5.74. The number of rotatable bonds is 11. The number of aliphatic carboxylic acids is 1. The van der Waals surface area contributed by atoms with E-state index >= 15 is 0 Å². The highest BCUT2D eigenvalue weighted by molar-refractivity contribution is 5.66. The Kier molecular flexibility index (Phi) is 10.6. The normalized spacial score (nSPS) is 16.0. The van der Waals surface area contributed by atoms with Gasteiger partial charge in [0.1, 0.15) is 0 Å². The molecule has 5 heteroatoms. The molecule has 1 rings (SSSR count). The van der Waals surface area contributed by atoms with Gasteiger partial charge in [0, 0.05) is 6.42 Å². The number of hydrogen-bond acceptors (Lipinski definition) is 4. The van der Waals surface area contributed by atoms with Crippen molar-refractivity contribution < 1.29 is 25.2 Å². The Morgan fingerprint density at radius 3 is 2.08 bits per heavy atom. The minimum Gasteiger partial charge on any atom is -0.481 e. The first-order valence-corrected chi connectivity index (χ1v) is 8.50. The van der Waals surface area contributed by atoms with Gasteiger partial charge in [0.15, 0.2) is 0 Å². The average Bonchev–Trinajstić information content (AvgIpc) is 2.63. The summed E-state index contributed by atoms with van der Waals surface area (Å²) in [6.07, 6.45) is 11.3. The molecular formula is C21H26O5. The highest BCUT2D eigenvalue weighted by Crippen LogP contribution is 2.12. The second-order valence-corrected chi connectivity index (χ2v) is 5.74. The molecule has 0 radical (unpaired) electrons. The van der Waals surface area contributed by atoms with Gasteiger partial charge in [0.2, 0.25) is 0 Å². The smallest absolute Gasteiger partial charge is 0.303 e. The van der Waals surface area contributed by atoms with Gasteiger partial charge in [-0.1, -0.05) is 78.9 Å². The first-order valence-electron chi connectivity index (χ1n) is 8.50. The summed E-state index contributed by atoms with van der Waals surface area (Å²) in [6.45, 7) is 0. The molecule has 0 amide bonds. The summed E-state index contributed by atoms with van der Waals surface area (Å²) >= 11 is 0. The van der Waals surface area contributed by atoms with E-state index in [9.17, 15) is 20.1 Å². The van der Waals surface area contributed by atoms with Gasteiger partial charge in [-0.05, 0) is 18.4 Å². The molecular weight excluding hydrogens is 332 g/mol. The fourth-order valence-corrected chi connectivity index (χ4v) is 2.13. The van der Waals surface area contributed by atoms with Crippen LogP contribution >= 0.6 is 0 Å². The van der Waals surface area contributed by atoms with E-state index in [1.165, 1.54) is 6.08 Å². The zero-order valence-electron chi connectivity index (χ0n) is 14.6. The molecule has 0 aliphatic carbocycles. The second kappa shape index (κ2) is 12.8. The third kappa shape index (κ3) is 9.74. The molecule has 3 atom stereocenters. The van der Waals surface area contributed by atoms with Crippen molar-refractivity contribution in [2.45, 2.75) is 37.6 Å². The van der Waals surface area contributed by atoms with Gasteiger partial charge >= 0.3 is 5.97 Å². The van der Waals surface area contributed by atoms with Crippen LogP contribution < -0.4 is 0 Å². The van der Waals surface area contributed by atoms with Crippen LogP contribution in [-0.2, 0) is 4.79 Å². The van der Waals surface area contributed by atoms with Crippen LogP contribution in [0.15, 0.2) is 78.9 Å². The number of benzene rings is 1. The minimum absolute atomic E-state index is 0.0231. The molecule has 0 unspecified atom stereocenters. The number of carboxylic acids is 1. The van der Waals surface area contributed by atoms with E-state index in [1.807, 2.05) is 30.3 Å². The number of aliphatic hydroxyl groups excluding tert-OH is 3. The van der Waals surface area contributed by atoms with Crippen LogP contribution in [0.4, 0.5) is 0 Å². The van der Waals surface area contributed by atoms with E-state index in [2.05, 4.69) is 0 Å². The largest absolute Gasteiger partial charge is 0.481 e. The first-order chi connectivity index (χ1) is 12.5. The zero-order chi connectivity index (χ0) is 19.2. The van der Waals surface area contributed by atoms with Crippen LogP contribution in [0.2, 0.25) is 0 Å². The van der Waals surface area contributed by atoms with Gasteiger partial charge in [-0.25, -0.2) is 0 Å². The highest BCUT2D eigenvalue weighted by atomic mass is 16.4. The van der Waals surface area contributed by atoms with Crippen LogP contribution in [0.1, 0.15) is 30.9 Å². The average molecular weight is 358 g/mol. The summed E-state index contributed by atoms with van der Waals surface area (Å²) < 4.78 is 0. The van der Waals surface area contributed by atoms with Gasteiger partial charge in [-0.3, -0.25) is 4.79 Å². The van der Waals surface area contributed by atoms with Crippen molar-refractivity contribution in [2.75, 3.05) is 0 Å². The van der Waals surface area contributed by atoms with Crippen molar-refractivity contribution in [1.82, 2.24) is 0 Å². The molecule has 1 aromatic carbocycles. The Morgan fingerprint density at radius 1 is 0.885 bits per heavy atom. The Balaban J connectivity index is 2.30. The Hall–Kier alpha value is -2.47. The summed E-state index contributed by atoms with van der Waals surface area (Å²) in [5, 5.41) is 37.9. The molecule has 26 heavy (non-hydrogen) atoms. The van der Waals surface area contributed by atoms with Crippen LogP contribution in [0, 0.1) is 0 Å². The molecule has 0 spiro atoms. The molecule has 0 saturated carbocycles. The Labute approximate surface area is 153 Å². The molecule has 0 saturated heterocycles. The quantitative estimate of drug-likeness (QED) is 0.456. The maximum Gasteiger partial charge on any atom is 0.303 e. The number of hydrogen-bond donors (Lipinski definition) is 4. The standard InChI is InChI=1S/C21H26O5/c22-18(17-11-6-5-7-12-17)13-8-3-1-2-4-9-14-19(23)20(24)15-10-16-21(25)26/h1-9,11-14,18-20,22-24H,10,15-16H2,(H,25,26)/t18-,19-,20+/m1/s1. The molecule has 0 bridgehead atoms. The summed E-state index contributed by atoms with van der Waals surface area (Å²) in [5.41, 5.74) is 0.825. The predicted octanol–water partition coefficient (Wildman–Crippen LogP) is 2.92. The maximum atomic E-state index is 10.4. The van der Waals surface area contributed by atoms with E-state index in [1.54, 1.807) is 42.5 Å². The molecule has 0 aliphatic heterocycles. The van der Waals surface area contributed by atoms with Crippen LogP contribution in [-0.4, -0.2) is 38.6 Å². The number of carbonyl (C=O) groups is 1. The van der Waals surface area contributed by atoms with E-state index in [-0.39, 0.29) is 12.8 Å². The lowest BCUT2D eigenvalue weighted by atomic mass is 10.1. The first kappa shape index (κ1) is 21.6. The SMILES string of the molecule is O=C(O)CCC[C@H](O)[C@H](O)C=CC=CC=CC=C[C@@H](O)c1ccccc1. The Morgan fingerprint density at radius 2 is 1.46 bits per heavy atom. The van der Waals surface area contributed by atoms with E-state index < -0.39 is 24.3 Å². The van der Waals surface area contributed by atoms with Crippen LogP contribution in [0.3, 0.4) is 0 Å². The van der Waals surface area contributed by atoms with Gasteiger partial charge < -0.3 is 20.4 Å². The lowest BCUT2D eigenvalue weighted by Crippen LogP contribution is -2.23. The summed E-state index contributed by atoms with van der Waals surface area (Å²) in [4.78, 5) is 10.4. The Bertz CT molecular complexity index is 631. The predicted molar refractivity (Wildman–Crippen MR) is 101 cm³/mol. The van der Waals surface area contributed by atoms with Gasteiger partial charge in [-0.2, -0.15) is 0 Å². The highest BCUT2D eigenvalue weighted by Gasteiger charge is 2.12. The number of allylic oxidation sites excluding steroid dienone is 6. The fourth-order valence-electron chi connectivity index (χ4n) is 2.13. The topological polar surface area (TPSA) is 98.0 Å². The third-order valence-corrected chi connectivity index (χ3v) is 3.58. The van der Waals surface area contributed by atoms with Gasteiger partial charge in [0.05, 0.1) is 18.3 Å². The molecule has 140 valence electrons.